The zero-order valence-electron chi connectivity index (χ0n) is 21.8. The van der Waals surface area contributed by atoms with Crippen molar-refractivity contribution < 1.29 is 23.4 Å². The van der Waals surface area contributed by atoms with Crippen molar-refractivity contribution in [3.63, 3.8) is 0 Å². The van der Waals surface area contributed by atoms with Gasteiger partial charge in [-0.15, -0.1) is 0 Å². The monoisotopic (exact) mass is 578 g/mol. The van der Waals surface area contributed by atoms with Gasteiger partial charge in [0.2, 0.25) is 0 Å². The number of para-hydroxylation sites is 1. The average molecular weight is 579 g/mol. The smallest absolute Gasteiger partial charge is 0.338 e. The van der Waals surface area contributed by atoms with Gasteiger partial charge in [0, 0.05) is 16.1 Å². The van der Waals surface area contributed by atoms with E-state index in [-0.39, 0.29) is 23.6 Å². The molecule has 204 valence electrons. The maximum atomic E-state index is 13.9. The number of ether oxygens (including phenoxy) is 3. The minimum absolute atomic E-state index is 0.213. The minimum atomic E-state index is -0.871. The highest BCUT2D eigenvalue weighted by Gasteiger charge is 2.35. The number of nitrogens with zero attached hydrogens (tertiary/aromatic N) is 2. The first-order valence-corrected chi connectivity index (χ1v) is 13.4. The summed E-state index contributed by atoms with van der Waals surface area (Å²) in [5.74, 6) is 0.0812. The van der Waals surface area contributed by atoms with Crippen molar-refractivity contribution in [1.29, 1.82) is 0 Å². The highest BCUT2D eigenvalue weighted by Crippen LogP contribution is 2.37. The van der Waals surface area contributed by atoms with E-state index in [0.717, 1.165) is 5.56 Å². The Kier molecular flexibility index (Phi) is 7.86. The fourth-order valence-electron chi connectivity index (χ4n) is 4.52. The third-order valence-corrected chi connectivity index (χ3v) is 7.64. The van der Waals surface area contributed by atoms with E-state index in [9.17, 15) is 14.0 Å². The topological polar surface area (TPSA) is 79.1 Å². The normalized spacial score (nSPS) is 14.9. The third kappa shape index (κ3) is 5.30. The molecule has 3 aromatic carbocycles. The number of carbonyl (C=O) groups is 1. The highest BCUT2D eigenvalue weighted by molar-refractivity contribution is 7.07. The molecule has 0 aliphatic carbocycles. The molecule has 7 nitrogen and oxygen atoms in total. The summed E-state index contributed by atoms with van der Waals surface area (Å²) in [6.45, 7) is 1.93. The van der Waals surface area contributed by atoms with Crippen LogP contribution in [0, 0.1) is 5.82 Å². The largest absolute Gasteiger partial charge is 0.496 e. The number of halogens is 2. The lowest BCUT2D eigenvalue weighted by molar-refractivity contribution is -0.136. The molecule has 0 amide bonds. The molecule has 0 bridgehead atoms. The van der Waals surface area contributed by atoms with Gasteiger partial charge in [-0.3, -0.25) is 9.36 Å². The number of thiazole rings is 1. The summed E-state index contributed by atoms with van der Waals surface area (Å²) >= 11 is 7.53. The van der Waals surface area contributed by atoms with Crippen molar-refractivity contribution in [2.24, 2.45) is 4.99 Å². The molecule has 4 aromatic rings. The summed E-state index contributed by atoms with van der Waals surface area (Å²) in [7, 11) is 2.79. The van der Waals surface area contributed by atoms with Gasteiger partial charge >= 0.3 is 5.97 Å². The van der Waals surface area contributed by atoms with Crippen LogP contribution in [0.2, 0.25) is 5.02 Å². The van der Waals surface area contributed by atoms with E-state index in [2.05, 4.69) is 4.99 Å². The molecule has 0 fully saturated rings. The van der Waals surface area contributed by atoms with Crippen molar-refractivity contribution in [1.82, 2.24) is 4.57 Å². The van der Waals surface area contributed by atoms with Crippen molar-refractivity contribution in [3.8, 4) is 11.5 Å². The Morgan fingerprint density at radius 2 is 1.85 bits per heavy atom. The van der Waals surface area contributed by atoms with Crippen molar-refractivity contribution in [3.05, 3.63) is 125 Å². The minimum Gasteiger partial charge on any atom is -0.496 e. The lowest BCUT2D eigenvalue weighted by Gasteiger charge is -2.25. The highest BCUT2D eigenvalue weighted by atomic mass is 35.5. The molecule has 0 spiro atoms. The number of carbonyl (C=O) groups excluding carboxylic acids is 1. The Morgan fingerprint density at radius 1 is 1.10 bits per heavy atom. The average Bonchev–Trinajstić information content (AvgIpc) is 3.26. The zero-order chi connectivity index (χ0) is 28.4. The van der Waals surface area contributed by atoms with Crippen LogP contribution >= 0.6 is 22.9 Å². The number of methoxy groups -OCH3 is 2. The summed E-state index contributed by atoms with van der Waals surface area (Å²) in [6, 6.07) is 17.5. The molecule has 1 aliphatic heterocycles. The molecule has 1 atom stereocenters. The molecule has 0 saturated heterocycles. The maximum absolute atomic E-state index is 13.9. The van der Waals surface area contributed by atoms with Crippen molar-refractivity contribution in [2.45, 2.75) is 19.6 Å². The van der Waals surface area contributed by atoms with Crippen LogP contribution in [0.25, 0.3) is 6.08 Å². The molecule has 5 rings (SSSR count). The van der Waals surface area contributed by atoms with Crippen LogP contribution in [0.3, 0.4) is 0 Å². The number of rotatable bonds is 7. The van der Waals surface area contributed by atoms with Crippen LogP contribution in [-0.4, -0.2) is 24.8 Å². The maximum Gasteiger partial charge on any atom is 0.338 e. The predicted molar refractivity (Wildman–Crippen MR) is 151 cm³/mol. The van der Waals surface area contributed by atoms with Crippen molar-refractivity contribution >= 4 is 35.0 Å². The molecule has 0 radical (unpaired) electrons. The van der Waals surface area contributed by atoms with Crippen LogP contribution in [-0.2, 0) is 16.1 Å². The van der Waals surface area contributed by atoms with Gasteiger partial charge in [-0.05, 0) is 55.0 Å². The first-order valence-electron chi connectivity index (χ1n) is 12.2. The number of allylic oxidation sites excluding steroid dienone is 1. The van der Waals surface area contributed by atoms with Crippen LogP contribution < -0.4 is 24.4 Å². The van der Waals surface area contributed by atoms with E-state index < -0.39 is 12.0 Å². The molecule has 40 heavy (non-hydrogen) atoms. The Labute approximate surface area is 238 Å². The van der Waals surface area contributed by atoms with Gasteiger partial charge in [-0.25, -0.2) is 14.2 Å². The summed E-state index contributed by atoms with van der Waals surface area (Å²) < 4.78 is 31.8. The number of hydrogen-bond acceptors (Lipinski definition) is 7. The second-order valence-corrected chi connectivity index (χ2v) is 10.4. The summed E-state index contributed by atoms with van der Waals surface area (Å²) in [5, 5.41) is 0.420. The molecular weight excluding hydrogens is 555 g/mol. The van der Waals surface area contributed by atoms with E-state index in [1.54, 1.807) is 49.4 Å². The molecular formula is C30H24ClFN2O5S. The van der Waals surface area contributed by atoms with Crippen LogP contribution in [0.4, 0.5) is 4.39 Å². The van der Waals surface area contributed by atoms with Gasteiger partial charge in [0.1, 0.15) is 30.0 Å². The predicted octanol–water partition coefficient (Wildman–Crippen LogP) is 4.79. The van der Waals surface area contributed by atoms with Crippen LogP contribution in [0.5, 0.6) is 11.5 Å². The Balaban J connectivity index is 1.63. The van der Waals surface area contributed by atoms with Crippen LogP contribution in [0.15, 0.2) is 87.8 Å². The number of benzene rings is 3. The van der Waals surface area contributed by atoms with Gasteiger partial charge in [0.15, 0.2) is 4.80 Å². The van der Waals surface area contributed by atoms with E-state index in [4.69, 9.17) is 25.8 Å². The number of hydrogen-bond donors (Lipinski definition) is 0. The fourth-order valence-corrected chi connectivity index (χ4v) is 5.74. The van der Waals surface area contributed by atoms with E-state index in [0.29, 0.717) is 42.7 Å². The summed E-state index contributed by atoms with van der Waals surface area (Å²) in [5.41, 5.74) is 2.30. The van der Waals surface area contributed by atoms with Crippen LogP contribution in [0.1, 0.15) is 29.7 Å². The number of aromatic nitrogens is 1. The second kappa shape index (κ2) is 11.5. The lowest BCUT2D eigenvalue weighted by Crippen LogP contribution is -2.40. The quantitative estimate of drug-likeness (QED) is 0.295. The fraction of sp³-hybridized carbons (Fsp3) is 0.167. The van der Waals surface area contributed by atoms with Gasteiger partial charge in [0.25, 0.3) is 5.56 Å². The molecule has 0 unspecified atom stereocenters. The van der Waals surface area contributed by atoms with Gasteiger partial charge in [-0.2, -0.15) is 0 Å². The molecule has 2 heterocycles. The Morgan fingerprint density at radius 3 is 2.58 bits per heavy atom. The first-order chi connectivity index (χ1) is 19.3. The number of fused-ring (bicyclic) bond motifs is 1. The van der Waals surface area contributed by atoms with Gasteiger partial charge in [0.05, 0.1) is 30.0 Å². The summed E-state index contributed by atoms with van der Waals surface area (Å²) in [6.07, 6.45) is 1.73. The lowest BCUT2D eigenvalue weighted by atomic mass is 9.95. The van der Waals surface area contributed by atoms with Gasteiger partial charge in [-0.1, -0.05) is 53.3 Å². The Bertz CT molecular complexity index is 1810. The third-order valence-electron chi connectivity index (χ3n) is 6.43. The molecule has 1 aliphatic rings. The van der Waals surface area contributed by atoms with Gasteiger partial charge < -0.3 is 14.2 Å². The molecule has 0 saturated carbocycles. The first kappa shape index (κ1) is 27.4. The van der Waals surface area contributed by atoms with E-state index >= 15 is 0 Å². The van der Waals surface area contributed by atoms with E-state index in [1.807, 2.05) is 18.2 Å². The number of esters is 1. The summed E-state index contributed by atoms with van der Waals surface area (Å²) in [4.78, 5) is 31.9. The van der Waals surface area contributed by atoms with E-state index in [1.165, 1.54) is 42.3 Å². The zero-order valence-corrected chi connectivity index (χ0v) is 23.4. The second-order valence-electron chi connectivity index (χ2n) is 8.91. The van der Waals surface area contributed by atoms with Crippen molar-refractivity contribution in [2.75, 3.05) is 14.2 Å². The molecule has 0 N–H and O–H groups in total. The molecule has 1 aromatic heterocycles. The molecule has 10 heteroatoms. The SMILES string of the molecule is COC(=O)C1=C(C)N=c2s/c(=C\c3ccccc3OCc3ccc(F)cc3)c(=O)n2[C@H]1c1cc(Cl)ccc1OC. The Hall–Kier alpha value is -4.21. The standard InChI is InChI=1S/C30H24ClFN2O5S/c1-17-26(29(36)38-3)27(22-15-20(31)10-13-24(22)37-2)34-28(35)25(40-30(34)33-17)14-19-6-4-5-7-23(19)39-16-18-8-11-21(32)12-9-18/h4-15,27H,16H2,1-3H3/b25-14-/t27-/m0/s1.